The van der Waals surface area contributed by atoms with Crippen molar-refractivity contribution in [3.05, 3.63) is 12.2 Å². The summed E-state index contributed by atoms with van der Waals surface area (Å²) in [5.74, 6) is 0.775. The number of hydrogen-bond acceptors (Lipinski definition) is 5. The molecule has 0 unspecified atom stereocenters. The summed E-state index contributed by atoms with van der Waals surface area (Å²) >= 11 is 0. The first-order valence-electron chi connectivity index (χ1n) is 4.13. The van der Waals surface area contributed by atoms with Crippen LogP contribution in [0.3, 0.4) is 0 Å². The lowest BCUT2D eigenvalue weighted by atomic mass is 10.3. The molecular weight excluding hydrogens is 227 g/mol. The predicted octanol–water partition coefficient (Wildman–Crippen LogP) is 0.318. The zero-order valence-corrected chi connectivity index (χ0v) is 9.31. The standard InChI is InChI=1S/C7H12N4O.2ClH/c1-3-11(4-2-8-1)5-7-9-6-12-10-7;;/h6,8H,1-5H2;2*1H. The van der Waals surface area contributed by atoms with Gasteiger partial charge in [-0.25, -0.2) is 0 Å². The molecule has 7 heteroatoms. The lowest BCUT2D eigenvalue weighted by molar-refractivity contribution is 0.225. The van der Waals surface area contributed by atoms with Crippen molar-refractivity contribution in [1.82, 2.24) is 20.4 Å². The van der Waals surface area contributed by atoms with Crippen molar-refractivity contribution in [3.63, 3.8) is 0 Å². The molecule has 5 nitrogen and oxygen atoms in total. The lowest BCUT2D eigenvalue weighted by Crippen LogP contribution is -2.43. The Morgan fingerprint density at radius 3 is 2.64 bits per heavy atom. The molecule has 1 aromatic heterocycles. The van der Waals surface area contributed by atoms with Gasteiger partial charge in [0, 0.05) is 26.2 Å². The highest BCUT2D eigenvalue weighted by molar-refractivity contribution is 5.85. The summed E-state index contributed by atoms with van der Waals surface area (Å²) in [6, 6.07) is 0. The Morgan fingerprint density at radius 2 is 2.07 bits per heavy atom. The molecule has 1 aromatic rings. The SMILES string of the molecule is Cl.Cl.c1nc(CN2CCNCC2)no1. The first kappa shape index (κ1) is 13.6. The molecule has 14 heavy (non-hydrogen) atoms. The number of aromatic nitrogens is 2. The van der Waals surface area contributed by atoms with E-state index in [0.717, 1.165) is 38.5 Å². The summed E-state index contributed by atoms with van der Waals surface area (Å²) in [6.45, 7) is 5.04. The second kappa shape index (κ2) is 7.00. The van der Waals surface area contributed by atoms with Crippen LogP contribution in [0.1, 0.15) is 5.82 Å². The van der Waals surface area contributed by atoms with Crippen LogP contribution in [0, 0.1) is 0 Å². The highest BCUT2D eigenvalue weighted by Gasteiger charge is 2.11. The fourth-order valence-corrected chi connectivity index (χ4v) is 1.33. The van der Waals surface area contributed by atoms with Gasteiger partial charge in [-0.05, 0) is 0 Å². The summed E-state index contributed by atoms with van der Waals surface area (Å²) in [5, 5.41) is 7.05. The lowest BCUT2D eigenvalue weighted by Gasteiger charge is -2.25. The van der Waals surface area contributed by atoms with Crippen LogP contribution in [0.15, 0.2) is 10.9 Å². The maximum absolute atomic E-state index is 4.65. The number of rotatable bonds is 2. The first-order chi connectivity index (χ1) is 5.95. The molecule has 0 amide bonds. The third-order valence-corrected chi connectivity index (χ3v) is 1.98. The minimum absolute atomic E-state index is 0. The van der Waals surface area contributed by atoms with E-state index in [1.165, 1.54) is 6.39 Å². The summed E-state index contributed by atoms with van der Waals surface area (Å²) in [4.78, 5) is 6.28. The van der Waals surface area contributed by atoms with Crippen LogP contribution in [0.5, 0.6) is 0 Å². The molecule has 0 bridgehead atoms. The molecule has 1 aliphatic rings. The number of piperazine rings is 1. The molecule has 0 spiro atoms. The molecule has 0 atom stereocenters. The molecule has 0 aliphatic carbocycles. The molecule has 0 aromatic carbocycles. The van der Waals surface area contributed by atoms with E-state index in [0.29, 0.717) is 0 Å². The van der Waals surface area contributed by atoms with Gasteiger partial charge in [0.05, 0.1) is 6.54 Å². The molecule has 82 valence electrons. The van der Waals surface area contributed by atoms with Crippen LogP contribution in [-0.4, -0.2) is 41.2 Å². The molecule has 0 saturated carbocycles. The summed E-state index contributed by atoms with van der Waals surface area (Å²) in [6.07, 6.45) is 1.37. The van der Waals surface area contributed by atoms with E-state index in [9.17, 15) is 0 Å². The molecule has 1 saturated heterocycles. The van der Waals surface area contributed by atoms with E-state index in [1.807, 2.05) is 0 Å². The zero-order valence-electron chi connectivity index (χ0n) is 7.68. The van der Waals surface area contributed by atoms with E-state index in [-0.39, 0.29) is 24.8 Å². The summed E-state index contributed by atoms with van der Waals surface area (Å²) < 4.78 is 4.65. The van der Waals surface area contributed by atoms with Gasteiger partial charge in [-0.3, -0.25) is 4.90 Å². The monoisotopic (exact) mass is 240 g/mol. The van der Waals surface area contributed by atoms with Crippen molar-refractivity contribution < 1.29 is 4.52 Å². The minimum atomic E-state index is 0. The Balaban J connectivity index is 0.000000845. The number of nitrogens with one attached hydrogen (secondary N) is 1. The Bertz CT molecular complexity index is 226. The van der Waals surface area contributed by atoms with Crippen LogP contribution in [0.2, 0.25) is 0 Å². The van der Waals surface area contributed by atoms with Gasteiger partial charge in [0.1, 0.15) is 0 Å². The zero-order chi connectivity index (χ0) is 8.23. The quantitative estimate of drug-likeness (QED) is 0.808. The predicted molar refractivity (Wildman–Crippen MR) is 56.9 cm³/mol. The van der Waals surface area contributed by atoms with Crippen LogP contribution >= 0.6 is 24.8 Å². The van der Waals surface area contributed by atoms with E-state index in [2.05, 4.69) is 24.9 Å². The van der Waals surface area contributed by atoms with Gasteiger partial charge in [-0.2, -0.15) is 4.98 Å². The fraction of sp³-hybridized carbons (Fsp3) is 0.714. The maximum Gasteiger partial charge on any atom is 0.213 e. The number of nitrogens with zero attached hydrogens (tertiary/aromatic N) is 3. The normalized spacial score (nSPS) is 16.9. The summed E-state index contributed by atoms with van der Waals surface area (Å²) in [7, 11) is 0. The third kappa shape index (κ3) is 3.79. The Morgan fingerprint density at radius 1 is 1.36 bits per heavy atom. The van der Waals surface area contributed by atoms with Crippen molar-refractivity contribution >= 4 is 24.8 Å². The van der Waals surface area contributed by atoms with Gasteiger partial charge >= 0.3 is 0 Å². The second-order valence-corrected chi connectivity index (χ2v) is 2.87. The minimum Gasteiger partial charge on any atom is -0.343 e. The van der Waals surface area contributed by atoms with Crippen molar-refractivity contribution in [3.8, 4) is 0 Å². The third-order valence-electron chi connectivity index (χ3n) is 1.98. The van der Waals surface area contributed by atoms with Crippen LogP contribution in [0.25, 0.3) is 0 Å². The molecule has 1 aliphatic heterocycles. The molecule has 2 heterocycles. The van der Waals surface area contributed by atoms with Gasteiger partial charge in [-0.15, -0.1) is 24.8 Å². The van der Waals surface area contributed by atoms with E-state index in [1.54, 1.807) is 0 Å². The molecule has 2 rings (SSSR count). The fourth-order valence-electron chi connectivity index (χ4n) is 1.33. The second-order valence-electron chi connectivity index (χ2n) is 2.87. The van der Waals surface area contributed by atoms with E-state index >= 15 is 0 Å². The Hall–Kier alpha value is -0.360. The first-order valence-corrected chi connectivity index (χ1v) is 4.13. The summed E-state index contributed by atoms with van der Waals surface area (Å²) in [5.41, 5.74) is 0. The number of halogens is 2. The van der Waals surface area contributed by atoms with Gasteiger partial charge in [0.15, 0.2) is 5.82 Å². The highest BCUT2D eigenvalue weighted by atomic mass is 35.5. The van der Waals surface area contributed by atoms with Crippen molar-refractivity contribution in [2.75, 3.05) is 26.2 Å². The Labute approximate surface area is 95.1 Å². The smallest absolute Gasteiger partial charge is 0.213 e. The molecule has 1 N–H and O–H groups in total. The highest BCUT2D eigenvalue weighted by Crippen LogP contribution is 1.98. The maximum atomic E-state index is 4.65. The Kier molecular flexibility index (Phi) is 6.82. The van der Waals surface area contributed by atoms with Crippen LogP contribution < -0.4 is 5.32 Å². The van der Waals surface area contributed by atoms with Crippen molar-refractivity contribution in [2.45, 2.75) is 6.54 Å². The van der Waals surface area contributed by atoms with Crippen molar-refractivity contribution in [2.24, 2.45) is 0 Å². The van der Waals surface area contributed by atoms with E-state index < -0.39 is 0 Å². The van der Waals surface area contributed by atoms with E-state index in [4.69, 9.17) is 0 Å². The van der Waals surface area contributed by atoms with Crippen LogP contribution in [-0.2, 0) is 6.54 Å². The van der Waals surface area contributed by atoms with Gasteiger partial charge in [0.25, 0.3) is 0 Å². The molecule has 1 fully saturated rings. The average Bonchev–Trinajstić information content (AvgIpc) is 2.59. The van der Waals surface area contributed by atoms with Gasteiger partial charge < -0.3 is 9.84 Å². The molecule has 0 radical (unpaired) electrons. The van der Waals surface area contributed by atoms with Gasteiger partial charge in [-0.1, -0.05) is 5.16 Å². The topological polar surface area (TPSA) is 54.2 Å². The largest absolute Gasteiger partial charge is 0.343 e. The van der Waals surface area contributed by atoms with Gasteiger partial charge in [0.2, 0.25) is 6.39 Å². The average molecular weight is 241 g/mol. The number of hydrogen-bond donors (Lipinski definition) is 1. The van der Waals surface area contributed by atoms with Crippen molar-refractivity contribution in [1.29, 1.82) is 0 Å². The van der Waals surface area contributed by atoms with Crippen LogP contribution in [0.4, 0.5) is 0 Å². The molecular formula is C7H14Cl2N4O.